The van der Waals surface area contributed by atoms with E-state index < -0.39 is 0 Å². The summed E-state index contributed by atoms with van der Waals surface area (Å²) in [4.78, 5) is 13.5. The highest BCUT2D eigenvalue weighted by Crippen LogP contribution is 2.23. The van der Waals surface area contributed by atoms with E-state index in [9.17, 15) is 4.79 Å². The smallest absolute Gasteiger partial charge is 0.409 e. The van der Waals surface area contributed by atoms with Gasteiger partial charge in [-0.15, -0.1) is 0 Å². The number of hydrogen-bond donors (Lipinski definition) is 1. The molecule has 0 atom stereocenters. The molecular formula is C12H22N2O2. The zero-order chi connectivity index (χ0) is 11.2. The molecule has 1 amide bonds. The predicted octanol–water partition coefficient (Wildman–Crippen LogP) is 1.61. The van der Waals surface area contributed by atoms with Crippen molar-refractivity contribution >= 4 is 6.09 Å². The standard InChI is InChI=1S/C12H22N2O2/c15-12(14-8-6-13-7-9-14)16-10-11-4-2-1-3-5-11/h11,13H,1-10H2. The fourth-order valence-corrected chi connectivity index (χ4v) is 2.48. The maximum Gasteiger partial charge on any atom is 0.409 e. The van der Waals surface area contributed by atoms with Crippen molar-refractivity contribution in [1.82, 2.24) is 10.2 Å². The molecule has 0 spiro atoms. The molecule has 0 aromatic carbocycles. The van der Waals surface area contributed by atoms with E-state index in [0.717, 1.165) is 26.2 Å². The van der Waals surface area contributed by atoms with E-state index in [1.165, 1.54) is 32.1 Å². The summed E-state index contributed by atoms with van der Waals surface area (Å²) >= 11 is 0. The van der Waals surface area contributed by atoms with Crippen LogP contribution in [0.2, 0.25) is 0 Å². The van der Waals surface area contributed by atoms with Gasteiger partial charge in [-0.25, -0.2) is 4.79 Å². The number of carbonyl (C=O) groups excluding carboxylic acids is 1. The molecule has 92 valence electrons. The molecule has 16 heavy (non-hydrogen) atoms. The van der Waals surface area contributed by atoms with Crippen molar-refractivity contribution in [2.45, 2.75) is 32.1 Å². The zero-order valence-corrected chi connectivity index (χ0v) is 9.91. The van der Waals surface area contributed by atoms with E-state index in [1.807, 2.05) is 0 Å². The van der Waals surface area contributed by atoms with Crippen molar-refractivity contribution in [3.63, 3.8) is 0 Å². The topological polar surface area (TPSA) is 41.6 Å². The highest BCUT2D eigenvalue weighted by Gasteiger charge is 2.20. The van der Waals surface area contributed by atoms with Crippen molar-refractivity contribution in [3.05, 3.63) is 0 Å². The monoisotopic (exact) mass is 226 g/mol. The van der Waals surface area contributed by atoms with Crippen LogP contribution in [0, 0.1) is 5.92 Å². The highest BCUT2D eigenvalue weighted by molar-refractivity contribution is 5.67. The third-order valence-corrected chi connectivity index (χ3v) is 3.54. The highest BCUT2D eigenvalue weighted by atomic mass is 16.6. The van der Waals surface area contributed by atoms with Crippen molar-refractivity contribution in [2.24, 2.45) is 5.92 Å². The van der Waals surface area contributed by atoms with Gasteiger partial charge in [0.2, 0.25) is 0 Å². The minimum atomic E-state index is -0.118. The lowest BCUT2D eigenvalue weighted by atomic mass is 9.90. The summed E-state index contributed by atoms with van der Waals surface area (Å²) in [6.07, 6.45) is 6.30. The molecule has 0 bridgehead atoms. The first-order valence-electron chi connectivity index (χ1n) is 6.48. The molecule has 2 rings (SSSR count). The molecule has 0 aromatic rings. The summed E-state index contributed by atoms with van der Waals surface area (Å²) in [6, 6.07) is 0. The van der Waals surface area contributed by atoms with Crippen LogP contribution in [0.5, 0.6) is 0 Å². The largest absolute Gasteiger partial charge is 0.449 e. The first-order chi connectivity index (χ1) is 7.86. The van der Waals surface area contributed by atoms with E-state index >= 15 is 0 Å². The molecular weight excluding hydrogens is 204 g/mol. The molecule has 2 fully saturated rings. The van der Waals surface area contributed by atoms with Crippen LogP contribution in [0.3, 0.4) is 0 Å². The van der Waals surface area contributed by atoms with E-state index in [0.29, 0.717) is 12.5 Å². The molecule has 2 aliphatic rings. The molecule has 1 heterocycles. The van der Waals surface area contributed by atoms with Crippen molar-refractivity contribution in [3.8, 4) is 0 Å². The Morgan fingerprint density at radius 3 is 2.56 bits per heavy atom. The number of rotatable bonds is 2. The number of carbonyl (C=O) groups is 1. The molecule has 0 unspecified atom stereocenters. The maximum absolute atomic E-state index is 11.7. The van der Waals surface area contributed by atoms with Crippen molar-refractivity contribution in [2.75, 3.05) is 32.8 Å². The summed E-state index contributed by atoms with van der Waals surface area (Å²) < 4.78 is 5.38. The predicted molar refractivity (Wildman–Crippen MR) is 62.4 cm³/mol. The van der Waals surface area contributed by atoms with E-state index in [4.69, 9.17) is 4.74 Å². The van der Waals surface area contributed by atoms with Gasteiger partial charge in [-0.3, -0.25) is 0 Å². The Balaban J connectivity index is 1.65. The van der Waals surface area contributed by atoms with Crippen LogP contribution in [0.4, 0.5) is 4.79 Å². The minimum absolute atomic E-state index is 0.118. The maximum atomic E-state index is 11.7. The van der Waals surface area contributed by atoms with Gasteiger partial charge < -0.3 is 15.0 Å². The van der Waals surface area contributed by atoms with Crippen molar-refractivity contribution < 1.29 is 9.53 Å². The number of nitrogens with zero attached hydrogens (tertiary/aromatic N) is 1. The third kappa shape index (κ3) is 3.37. The van der Waals surface area contributed by atoms with Gasteiger partial charge in [-0.1, -0.05) is 19.3 Å². The van der Waals surface area contributed by atoms with Gasteiger partial charge in [-0.2, -0.15) is 0 Å². The fraction of sp³-hybridized carbons (Fsp3) is 0.917. The number of hydrogen-bond acceptors (Lipinski definition) is 3. The summed E-state index contributed by atoms with van der Waals surface area (Å²) in [5.74, 6) is 0.612. The van der Waals surface area contributed by atoms with Gasteiger partial charge in [0.15, 0.2) is 0 Å². The van der Waals surface area contributed by atoms with Gasteiger partial charge in [0.05, 0.1) is 6.61 Å². The lowest BCUT2D eigenvalue weighted by molar-refractivity contribution is 0.0769. The molecule has 1 aliphatic heterocycles. The second kappa shape index (κ2) is 6.09. The number of amides is 1. The first-order valence-corrected chi connectivity index (χ1v) is 6.48. The molecule has 0 aromatic heterocycles. The van der Waals surface area contributed by atoms with Crippen molar-refractivity contribution in [1.29, 1.82) is 0 Å². The first kappa shape index (κ1) is 11.7. The second-order valence-electron chi connectivity index (χ2n) is 4.82. The lowest BCUT2D eigenvalue weighted by Gasteiger charge is -2.28. The normalized spacial score (nSPS) is 23.1. The van der Waals surface area contributed by atoms with E-state index in [1.54, 1.807) is 4.90 Å². The Morgan fingerprint density at radius 1 is 1.19 bits per heavy atom. The average Bonchev–Trinajstić information content (AvgIpc) is 2.38. The second-order valence-corrected chi connectivity index (χ2v) is 4.82. The van der Waals surface area contributed by atoms with Crippen LogP contribution in [0.25, 0.3) is 0 Å². The molecule has 4 heteroatoms. The summed E-state index contributed by atoms with van der Waals surface area (Å²) in [6.45, 7) is 3.97. The van der Waals surface area contributed by atoms with E-state index in [2.05, 4.69) is 5.32 Å². The van der Waals surface area contributed by atoms with Gasteiger partial charge in [0, 0.05) is 26.2 Å². The fourth-order valence-electron chi connectivity index (χ4n) is 2.48. The average molecular weight is 226 g/mol. The summed E-state index contributed by atoms with van der Waals surface area (Å²) in [5.41, 5.74) is 0. The molecule has 4 nitrogen and oxygen atoms in total. The van der Waals surface area contributed by atoms with Crippen LogP contribution in [0.1, 0.15) is 32.1 Å². The Labute approximate surface area is 97.3 Å². The van der Waals surface area contributed by atoms with Crippen LogP contribution in [0.15, 0.2) is 0 Å². The van der Waals surface area contributed by atoms with Crippen LogP contribution in [-0.2, 0) is 4.74 Å². The van der Waals surface area contributed by atoms with Gasteiger partial charge in [0.1, 0.15) is 0 Å². The third-order valence-electron chi connectivity index (χ3n) is 3.54. The number of nitrogens with one attached hydrogen (secondary N) is 1. The Bertz CT molecular complexity index is 221. The number of piperazine rings is 1. The molecule has 1 saturated carbocycles. The van der Waals surface area contributed by atoms with Gasteiger partial charge in [0.25, 0.3) is 0 Å². The Hall–Kier alpha value is -0.770. The van der Waals surface area contributed by atoms with E-state index in [-0.39, 0.29) is 6.09 Å². The zero-order valence-electron chi connectivity index (χ0n) is 9.91. The van der Waals surface area contributed by atoms with Crippen LogP contribution < -0.4 is 5.32 Å². The number of ether oxygens (including phenoxy) is 1. The Kier molecular flexibility index (Phi) is 4.45. The molecule has 1 saturated heterocycles. The van der Waals surface area contributed by atoms with Crippen LogP contribution >= 0.6 is 0 Å². The summed E-state index contributed by atoms with van der Waals surface area (Å²) in [5, 5.41) is 3.23. The quantitative estimate of drug-likeness (QED) is 0.777. The molecule has 1 N–H and O–H groups in total. The summed E-state index contributed by atoms with van der Waals surface area (Å²) in [7, 11) is 0. The lowest BCUT2D eigenvalue weighted by Crippen LogP contribution is -2.46. The molecule has 1 aliphatic carbocycles. The molecule has 0 radical (unpaired) electrons. The van der Waals surface area contributed by atoms with Gasteiger partial charge in [-0.05, 0) is 18.8 Å². The van der Waals surface area contributed by atoms with Crippen LogP contribution in [-0.4, -0.2) is 43.8 Å². The minimum Gasteiger partial charge on any atom is -0.449 e. The SMILES string of the molecule is O=C(OCC1CCCCC1)N1CCNCC1. The Morgan fingerprint density at radius 2 is 1.88 bits per heavy atom. The van der Waals surface area contributed by atoms with Gasteiger partial charge >= 0.3 is 6.09 Å².